The summed E-state index contributed by atoms with van der Waals surface area (Å²) >= 11 is 0. The van der Waals surface area contributed by atoms with Crippen LogP contribution < -0.4 is 5.73 Å². The zero-order valence-electron chi connectivity index (χ0n) is 10.6. The monoisotopic (exact) mass is 269 g/mol. The molecule has 0 amide bonds. The SMILES string of the molecule is CCc1ccc([C@H]2[C@@H](S(C)(=O)=O)[C@@]2(N)CO)cc1. The van der Waals surface area contributed by atoms with Gasteiger partial charge in [0.25, 0.3) is 0 Å². The number of aliphatic hydroxyl groups is 1. The summed E-state index contributed by atoms with van der Waals surface area (Å²) in [6.45, 7) is 1.75. The molecule has 1 saturated carbocycles. The van der Waals surface area contributed by atoms with Crippen molar-refractivity contribution in [3.63, 3.8) is 0 Å². The maximum absolute atomic E-state index is 11.7. The van der Waals surface area contributed by atoms with Gasteiger partial charge in [-0.1, -0.05) is 31.2 Å². The van der Waals surface area contributed by atoms with Crippen LogP contribution in [0.1, 0.15) is 24.0 Å². The summed E-state index contributed by atoms with van der Waals surface area (Å²) in [4.78, 5) is 0. The van der Waals surface area contributed by atoms with Crippen LogP contribution in [0.25, 0.3) is 0 Å². The van der Waals surface area contributed by atoms with Gasteiger partial charge in [-0.3, -0.25) is 0 Å². The molecule has 3 atom stereocenters. The van der Waals surface area contributed by atoms with Crippen molar-refractivity contribution in [1.82, 2.24) is 0 Å². The highest BCUT2D eigenvalue weighted by Crippen LogP contribution is 2.53. The molecule has 4 nitrogen and oxygen atoms in total. The summed E-state index contributed by atoms with van der Waals surface area (Å²) in [5, 5.41) is 8.66. The molecule has 0 heterocycles. The molecule has 0 bridgehead atoms. The summed E-state index contributed by atoms with van der Waals surface area (Å²) in [5.41, 5.74) is 7.05. The topological polar surface area (TPSA) is 80.4 Å². The standard InChI is InChI=1S/C13H19NO3S/c1-3-9-4-6-10(7-5-9)11-12(18(2,16)17)13(11,14)8-15/h4-7,11-12,15H,3,8,14H2,1-2H3/t11-,12+,13+/m0/s1. The van der Waals surface area contributed by atoms with Crippen LogP contribution in [0.5, 0.6) is 0 Å². The molecule has 0 aliphatic heterocycles. The summed E-state index contributed by atoms with van der Waals surface area (Å²) in [5.74, 6) is -0.302. The molecule has 0 radical (unpaired) electrons. The van der Waals surface area contributed by atoms with Crippen molar-refractivity contribution in [2.24, 2.45) is 5.73 Å². The lowest BCUT2D eigenvalue weighted by Crippen LogP contribution is -2.34. The molecule has 1 aromatic rings. The lowest BCUT2D eigenvalue weighted by Gasteiger charge is -2.07. The number of sulfone groups is 1. The van der Waals surface area contributed by atoms with Crippen molar-refractivity contribution in [3.05, 3.63) is 35.4 Å². The Morgan fingerprint density at radius 2 is 1.89 bits per heavy atom. The van der Waals surface area contributed by atoms with Gasteiger partial charge in [0.05, 0.1) is 17.4 Å². The van der Waals surface area contributed by atoms with Crippen LogP contribution >= 0.6 is 0 Å². The summed E-state index contributed by atoms with van der Waals surface area (Å²) in [6, 6.07) is 7.77. The van der Waals surface area contributed by atoms with E-state index in [0.29, 0.717) is 0 Å². The minimum atomic E-state index is -3.25. The number of hydrogen-bond acceptors (Lipinski definition) is 4. The highest BCUT2D eigenvalue weighted by molar-refractivity contribution is 7.91. The molecule has 1 fully saturated rings. The van der Waals surface area contributed by atoms with E-state index in [9.17, 15) is 13.5 Å². The van der Waals surface area contributed by atoms with Gasteiger partial charge in [0.1, 0.15) is 0 Å². The van der Waals surface area contributed by atoms with Crippen LogP contribution in [0.4, 0.5) is 0 Å². The fraction of sp³-hybridized carbons (Fsp3) is 0.538. The van der Waals surface area contributed by atoms with E-state index in [1.807, 2.05) is 24.3 Å². The lowest BCUT2D eigenvalue weighted by atomic mass is 10.0. The Bertz CT molecular complexity index is 538. The molecule has 1 aliphatic carbocycles. The Morgan fingerprint density at radius 3 is 2.22 bits per heavy atom. The second kappa shape index (κ2) is 4.33. The predicted octanol–water partition coefficient (Wildman–Crippen LogP) is 0.449. The molecule has 0 spiro atoms. The smallest absolute Gasteiger partial charge is 0.152 e. The number of hydrogen-bond donors (Lipinski definition) is 2. The molecule has 0 unspecified atom stereocenters. The Labute approximate surface area is 108 Å². The van der Waals surface area contributed by atoms with Crippen LogP contribution in [0.3, 0.4) is 0 Å². The number of aliphatic hydroxyl groups excluding tert-OH is 1. The van der Waals surface area contributed by atoms with Crippen molar-refractivity contribution in [2.75, 3.05) is 12.9 Å². The van der Waals surface area contributed by atoms with Gasteiger partial charge in [-0.25, -0.2) is 8.42 Å². The van der Waals surface area contributed by atoms with E-state index >= 15 is 0 Å². The molecule has 100 valence electrons. The Balaban J connectivity index is 2.33. The highest BCUT2D eigenvalue weighted by atomic mass is 32.2. The Morgan fingerprint density at radius 1 is 1.33 bits per heavy atom. The average molecular weight is 269 g/mol. The van der Waals surface area contributed by atoms with E-state index in [-0.39, 0.29) is 12.5 Å². The van der Waals surface area contributed by atoms with E-state index in [0.717, 1.165) is 12.0 Å². The molecule has 0 saturated heterocycles. The third kappa shape index (κ3) is 2.06. The third-order valence-corrected chi connectivity index (χ3v) is 5.42. The molecule has 3 N–H and O–H groups in total. The second-order valence-corrected chi connectivity index (χ2v) is 7.26. The molecule has 0 aromatic heterocycles. The quantitative estimate of drug-likeness (QED) is 0.831. The number of nitrogens with two attached hydrogens (primary N) is 1. The van der Waals surface area contributed by atoms with Gasteiger partial charge in [-0.15, -0.1) is 0 Å². The maximum atomic E-state index is 11.7. The van der Waals surface area contributed by atoms with Crippen molar-refractivity contribution in [2.45, 2.75) is 30.1 Å². The van der Waals surface area contributed by atoms with Crippen LogP contribution in [0.2, 0.25) is 0 Å². The first-order valence-corrected chi connectivity index (χ1v) is 7.97. The van der Waals surface area contributed by atoms with E-state index < -0.39 is 20.6 Å². The third-order valence-electron chi connectivity index (χ3n) is 3.78. The zero-order valence-corrected chi connectivity index (χ0v) is 11.4. The minimum absolute atomic E-state index is 0.302. The number of benzene rings is 1. The van der Waals surface area contributed by atoms with Crippen LogP contribution in [0.15, 0.2) is 24.3 Å². The van der Waals surface area contributed by atoms with E-state index in [2.05, 4.69) is 6.92 Å². The van der Waals surface area contributed by atoms with Crippen LogP contribution in [0, 0.1) is 0 Å². The van der Waals surface area contributed by atoms with E-state index in [1.54, 1.807) is 0 Å². The largest absolute Gasteiger partial charge is 0.394 e. The van der Waals surface area contributed by atoms with Gasteiger partial charge in [0.15, 0.2) is 9.84 Å². The summed E-state index contributed by atoms with van der Waals surface area (Å²) in [6.07, 6.45) is 2.11. The van der Waals surface area contributed by atoms with Gasteiger partial charge in [0.2, 0.25) is 0 Å². The highest BCUT2D eigenvalue weighted by Gasteiger charge is 2.67. The van der Waals surface area contributed by atoms with Crippen LogP contribution in [-0.4, -0.2) is 37.2 Å². The molecule has 1 aromatic carbocycles. The van der Waals surface area contributed by atoms with E-state index in [4.69, 9.17) is 5.73 Å². The van der Waals surface area contributed by atoms with Gasteiger partial charge >= 0.3 is 0 Å². The van der Waals surface area contributed by atoms with Gasteiger partial charge in [0, 0.05) is 12.2 Å². The van der Waals surface area contributed by atoms with Crippen molar-refractivity contribution in [3.8, 4) is 0 Å². The summed E-state index contributed by atoms with van der Waals surface area (Å²) < 4.78 is 23.4. The predicted molar refractivity (Wildman–Crippen MR) is 71.2 cm³/mol. The minimum Gasteiger partial charge on any atom is -0.394 e. The normalized spacial score (nSPS) is 31.3. The zero-order chi connectivity index (χ0) is 13.6. The fourth-order valence-corrected chi connectivity index (χ4v) is 4.55. The van der Waals surface area contributed by atoms with E-state index in [1.165, 1.54) is 11.8 Å². The van der Waals surface area contributed by atoms with Gasteiger partial charge in [-0.2, -0.15) is 0 Å². The summed E-state index contributed by atoms with van der Waals surface area (Å²) in [7, 11) is -3.25. The Kier molecular flexibility index (Phi) is 3.25. The van der Waals surface area contributed by atoms with Gasteiger partial charge in [-0.05, 0) is 17.5 Å². The van der Waals surface area contributed by atoms with Crippen LogP contribution in [-0.2, 0) is 16.3 Å². The van der Waals surface area contributed by atoms with Crippen molar-refractivity contribution in [1.29, 1.82) is 0 Å². The van der Waals surface area contributed by atoms with Crippen molar-refractivity contribution < 1.29 is 13.5 Å². The molecule has 1 aliphatic rings. The molecular weight excluding hydrogens is 250 g/mol. The first-order chi connectivity index (χ1) is 8.34. The fourth-order valence-electron chi connectivity index (χ4n) is 2.70. The molecule has 5 heteroatoms. The maximum Gasteiger partial charge on any atom is 0.152 e. The number of aryl methyl sites for hydroxylation is 1. The number of rotatable bonds is 4. The Hall–Kier alpha value is -0.910. The first kappa shape index (κ1) is 13.5. The van der Waals surface area contributed by atoms with Gasteiger partial charge < -0.3 is 10.8 Å². The average Bonchev–Trinajstić information content (AvgIpc) is 2.97. The molecule has 18 heavy (non-hydrogen) atoms. The first-order valence-electron chi connectivity index (χ1n) is 6.02. The second-order valence-electron chi connectivity index (χ2n) is 5.09. The van der Waals surface area contributed by atoms with Crippen molar-refractivity contribution >= 4 is 9.84 Å². The lowest BCUT2D eigenvalue weighted by molar-refractivity contribution is 0.253. The molecular formula is C13H19NO3S. The molecule has 2 rings (SSSR count).